The fraction of sp³-hybridized carbons (Fsp3) is 0.158. The van der Waals surface area contributed by atoms with Crippen LogP contribution in [0.3, 0.4) is 0 Å². The van der Waals surface area contributed by atoms with E-state index in [1.807, 2.05) is 19.1 Å². The summed E-state index contributed by atoms with van der Waals surface area (Å²) in [5, 5.41) is 23.4. The first-order valence-electron chi connectivity index (χ1n) is 7.59. The zero-order chi connectivity index (χ0) is 18.0. The van der Waals surface area contributed by atoms with Crippen LogP contribution in [-0.2, 0) is 0 Å². The second kappa shape index (κ2) is 6.57. The number of aromatic nitrogens is 1. The fourth-order valence-electron chi connectivity index (χ4n) is 2.68. The lowest BCUT2D eigenvalue weighted by Crippen LogP contribution is -1.99. The Bertz CT molecular complexity index is 993. The number of anilines is 2. The molecule has 0 saturated heterocycles. The van der Waals surface area contributed by atoms with Gasteiger partial charge in [0.05, 0.1) is 31.2 Å². The zero-order valence-corrected chi connectivity index (χ0v) is 14.1. The second-order valence-corrected chi connectivity index (χ2v) is 5.50. The number of aryl methyl sites for hydroxylation is 1. The van der Waals surface area contributed by atoms with Crippen molar-refractivity contribution < 1.29 is 14.6 Å². The van der Waals surface area contributed by atoms with Crippen LogP contribution in [0.5, 0.6) is 17.2 Å². The number of hydrogen-bond acceptors (Lipinski definition) is 6. The van der Waals surface area contributed by atoms with E-state index in [2.05, 4.69) is 16.4 Å². The molecule has 0 bridgehead atoms. The van der Waals surface area contributed by atoms with Gasteiger partial charge in [-0.1, -0.05) is 6.07 Å². The molecule has 1 heterocycles. The first-order chi connectivity index (χ1) is 12.1. The Kier molecular flexibility index (Phi) is 4.31. The van der Waals surface area contributed by atoms with Crippen LogP contribution in [0.25, 0.3) is 10.9 Å². The molecule has 0 atom stereocenters. The molecule has 6 nitrogen and oxygen atoms in total. The highest BCUT2D eigenvalue weighted by atomic mass is 16.5. The van der Waals surface area contributed by atoms with Gasteiger partial charge in [-0.05, 0) is 36.8 Å². The van der Waals surface area contributed by atoms with Crippen LogP contribution in [-0.4, -0.2) is 24.3 Å². The molecule has 0 spiro atoms. The van der Waals surface area contributed by atoms with Crippen LogP contribution in [0.4, 0.5) is 11.4 Å². The van der Waals surface area contributed by atoms with E-state index in [9.17, 15) is 10.4 Å². The summed E-state index contributed by atoms with van der Waals surface area (Å²) in [7, 11) is 3.09. The summed E-state index contributed by atoms with van der Waals surface area (Å²) in [6.07, 6.45) is 1.47. The maximum atomic E-state index is 10.1. The van der Waals surface area contributed by atoms with Gasteiger partial charge in [-0.3, -0.25) is 4.98 Å². The maximum absolute atomic E-state index is 10.1. The van der Waals surface area contributed by atoms with Crippen LogP contribution in [0, 0.1) is 18.3 Å². The summed E-state index contributed by atoms with van der Waals surface area (Å²) in [6.45, 7) is 1.92. The summed E-state index contributed by atoms with van der Waals surface area (Å²) >= 11 is 0. The van der Waals surface area contributed by atoms with Crippen molar-refractivity contribution in [3.05, 3.63) is 47.7 Å². The van der Waals surface area contributed by atoms with Gasteiger partial charge in [0.1, 0.15) is 17.3 Å². The maximum Gasteiger partial charge on any atom is 0.187 e. The molecule has 126 valence electrons. The summed E-state index contributed by atoms with van der Waals surface area (Å²) in [4.78, 5) is 4.34. The van der Waals surface area contributed by atoms with E-state index in [0.717, 1.165) is 5.56 Å². The number of rotatable bonds is 4. The Hall–Kier alpha value is -3.46. The van der Waals surface area contributed by atoms with Gasteiger partial charge in [-0.25, -0.2) is 0 Å². The average molecular weight is 335 g/mol. The average Bonchev–Trinajstić information content (AvgIpc) is 2.63. The molecule has 0 aliphatic heterocycles. The number of ether oxygens (including phenoxy) is 2. The van der Waals surface area contributed by atoms with Crippen LogP contribution in [0.2, 0.25) is 0 Å². The molecule has 0 amide bonds. The number of nitrogens with zero attached hydrogens (tertiary/aromatic N) is 2. The Morgan fingerprint density at radius 1 is 1.16 bits per heavy atom. The molecule has 0 aliphatic carbocycles. The van der Waals surface area contributed by atoms with Crippen molar-refractivity contribution in [2.45, 2.75) is 6.92 Å². The molecule has 0 radical (unpaired) electrons. The van der Waals surface area contributed by atoms with Gasteiger partial charge in [-0.2, -0.15) is 5.26 Å². The van der Waals surface area contributed by atoms with Crippen molar-refractivity contribution in [2.24, 2.45) is 0 Å². The molecule has 6 heteroatoms. The molecule has 25 heavy (non-hydrogen) atoms. The van der Waals surface area contributed by atoms with Crippen molar-refractivity contribution >= 4 is 22.3 Å². The lowest BCUT2D eigenvalue weighted by atomic mass is 10.1. The molecule has 1 aromatic heterocycles. The third kappa shape index (κ3) is 2.88. The van der Waals surface area contributed by atoms with Gasteiger partial charge >= 0.3 is 0 Å². The third-order valence-corrected chi connectivity index (χ3v) is 3.91. The van der Waals surface area contributed by atoms with E-state index in [0.29, 0.717) is 39.3 Å². The lowest BCUT2D eigenvalue weighted by Gasteiger charge is -2.15. The normalized spacial score (nSPS) is 10.3. The van der Waals surface area contributed by atoms with E-state index < -0.39 is 0 Å². The Morgan fingerprint density at radius 2 is 1.96 bits per heavy atom. The number of phenolic OH excluding ortho intramolecular Hbond substituents is 1. The molecular weight excluding hydrogens is 318 g/mol. The van der Waals surface area contributed by atoms with Gasteiger partial charge in [-0.15, -0.1) is 0 Å². The van der Waals surface area contributed by atoms with E-state index in [1.165, 1.54) is 13.3 Å². The third-order valence-electron chi connectivity index (χ3n) is 3.91. The van der Waals surface area contributed by atoms with Crippen molar-refractivity contribution in [3.8, 4) is 23.3 Å². The minimum Gasteiger partial charge on any atom is -0.506 e. The SMILES string of the molecule is COc1ccc2c(Nc3cc(C)ccc3O)c(C#N)cnc2c1OC. The largest absolute Gasteiger partial charge is 0.506 e. The molecule has 0 unspecified atom stereocenters. The molecule has 0 fully saturated rings. The number of nitriles is 1. The number of nitrogens with one attached hydrogen (secondary N) is 1. The molecule has 3 aromatic rings. The fourth-order valence-corrected chi connectivity index (χ4v) is 2.68. The number of pyridine rings is 1. The summed E-state index contributed by atoms with van der Waals surface area (Å²) in [5.74, 6) is 1.14. The Balaban J connectivity index is 2.25. The number of fused-ring (bicyclic) bond motifs is 1. The van der Waals surface area contributed by atoms with E-state index >= 15 is 0 Å². The molecular formula is C19H17N3O3. The molecule has 2 aromatic carbocycles. The standard InChI is InChI=1S/C19H17N3O3/c1-11-4-6-15(23)14(8-11)22-17-12(9-20)10-21-18-13(17)5-7-16(24-2)19(18)25-3/h4-8,10,23H,1-3H3,(H,21,22). The first kappa shape index (κ1) is 16.4. The summed E-state index contributed by atoms with van der Waals surface area (Å²) in [5.41, 5.74) is 2.97. The van der Waals surface area contributed by atoms with Crippen LogP contribution in [0.15, 0.2) is 36.5 Å². The van der Waals surface area contributed by atoms with Gasteiger partial charge in [0.25, 0.3) is 0 Å². The summed E-state index contributed by atoms with van der Waals surface area (Å²) < 4.78 is 10.7. The molecule has 2 N–H and O–H groups in total. The smallest absolute Gasteiger partial charge is 0.187 e. The number of benzene rings is 2. The first-order valence-corrected chi connectivity index (χ1v) is 7.59. The quantitative estimate of drug-likeness (QED) is 0.704. The van der Waals surface area contributed by atoms with Crippen molar-refractivity contribution in [2.75, 3.05) is 19.5 Å². The number of aromatic hydroxyl groups is 1. The Morgan fingerprint density at radius 3 is 2.64 bits per heavy atom. The highest BCUT2D eigenvalue weighted by molar-refractivity contribution is 6.00. The zero-order valence-electron chi connectivity index (χ0n) is 14.1. The van der Waals surface area contributed by atoms with Crippen LogP contribution < -0.4 is 14.8 Å². The van der Waals surface area contributed by atoms with Gasteiger partial charge in [0.15, 0.2) is 11.5 Å². The van der Waals surface area contributed by atoms with Crippen molar-refractivity contribution in [1.82, 2.24) is 4.98 Å². The lowest BCUT2D eigenvalue weighted by molar-refractivity contribution is 0.358. The number of hydrogen-bond donors (Lipinski definition) is 2. The molecule has 0 aliphatic rings. The highest BCUT2D eigenvalue weighted by Crippen LogP contribution is 2.39. The molecule has 0 saturated carbocycles. The van der Waals surface area contributed by atoms with Gasteiger partial charge in [0, 0.05) is 11.6 Å². The molecule has 3 rings (SSSR count). The highest BCUT2D eigenvalue weighted by Gasteiger charge is 2.16. The minimum atomic E-state index is 0.0972. The van der Waals surface area contributed by atoms with E-state index in [-0.39, 0.29) is 5.75 Å². The van der Waals surface area contributed by atoms with Crippen LogP contribution in [0.1, 0.15) is 11.1 Å². The van der Waals surface area contributed by atoms with Crippen LogP contribution >= 0.6 is 0 Å². The van der Waals surface area contributed by atoms with Crippen molar-refractivity contribution in [1.29, 1.82) is 5.26 Å². The van der Waals surface area contributed by atoms with Crippen molar-refractivity contribution in [3.63, 3.8) is 0 Å². The Labute approximate surface area is 145 Å². The van der Waals surface area contributed by atoms with E-state index in [1.54, 1.807) is 25.3 Å². The minimum absolute atomic E-state index is 0.0972. The van der Waals surface area contributed by atoms with Gasteiger partial charge in [0.2, 0.25) is 0 Å². The number of phenols is 1. The van der Waals surface area contributed by atoms with E-state index in [4.69, 9.17) is 9.47 Å². The van der Waals surface area contributed by atoms with Gasteiger partial charge < -0.3 is 19.9 Å². The second-order valence-electron chi connectivity index (χ2n) is 5.50. The number of methoxy groups -OCH3 is 2. The summed E-state index contributed by atoms with van der Waals surface area (Å²) in [6, 6.07) is 10.9. The predicted molar refractivity (Wildman–Crippen MR) is 95.7 cm³/mol. The predicted octanol–water partition coefficient (Wildman–Crippen LogP) is 3.88. The topological polar surface area (TPSA) is 87.4 Å². The monoisotopic (exact) mass is 335 g/mol.